The van der Waals surface area contributed by atoms with Crippen molar-refractivity contribution in [2.45, 2.75) is 19.4 Å². The molecular weight excluding hydrogens is 230 g/mol. The number of rotatable bonds is 4. The molecule has 1 fully saturated rings. The molecule has 0 amide bonds. The van der Waals surface area contributed by atoms with Gasteiger partial charge in [0.05, 0.1) is 13.0 Å². The number of benzene rings is 1. The van der Waals surface area contributed by atoms with Crippen LogP contribution in [0.2, 0.25) is 0 Å². The van der Waals surface area contributed by atoms with Gasteiger partial charge in [-0.05, 0) is 17.5 Å². The minimum Gasteiger partial charge on any atom is -0.481 e. The van der Waals surface area contributed by atoms with Crippen molar-refractivity contribution >= 4 is 5.97 Å². The molecule has 98 valence electrons. The molecule has 0 unspecified atom stereocenters. The Bertz CT molecular complexity index is 398. The van der Waals surface area contributed by atoms with E-state index in [1.807, 2.05) is 24.3 Å². The third-order valence-electron chi connectivity index (χ3n) is 3.17. The van der Waals surface area contributed by atoms with Gasteiger partial charge in [0, 0.05) is 26.2 Å². The predicted octanol–water partition coefficient (Wildman–Crippen LogP) is 1.54. The highest BCUT2D eigenvalue weighted by Crippen LogP contribution is 2.13. The first-order chi connectivity index (χ1) is 8.75. The lowest BCUT2D eigenvalue weighted by Gasteiger charge is -2.20. The molecule has 1 aromatic rings. The Kier molecular flexibility index (Phi) is 4.73. The number of hydrogen-bond donors (Lipinski definition) is 1. The van der Waals surface area contributed by atoms with Crippen molar-refractivity contribution in [3.63, 3.8) is 0 Å². The van der Waals surface area contributed by atoms with Gasteiger partial charge >= 0.3 is 5.97 Å². The summed E-state index contributed by atoms with van der Waals surface area (Å²) in [6.45, 7) is 4.34. The number of ether oxygens (including phenoxy) is 1. The quantitative estimate of drug-likeness (QED) is 0.879. The van der Waals surface area contributed by atoms with E-state index in [1.54, 1.807) is 0 Å². The molecule has 0 atom stereocenters. The van der Waals surface area contributed by atoms with Crippen LogP contribution >= 0.6 is 0 Å². The van der Waals surface area contributed by atoms with E-state index in [0.29, 0.717) is 0 Å². The zero-order valence-corrected chi connectivity index (χ0v) is 10.5. The molecule has 1 heterocycles. The van der Waals surface area contributed by atoms with Crippen LogP contribution in [-0.4, -0.2) is 42.3 Å². The maximum absolute atomic E-state index is 10.8. The standard InChI is InChI=1S/C14H19NO3/c16-14(17)10-12-4-1-2-5-13(12)11-15-6-3-8-18-9-7-15/h1-2,4-5H,3,6-11H2,(H,16,17). The molecule has 0 spiro atoms. The van der Waals surface area contributed by atoms with E-state index < -0.39 is 5.97 Å². The van der Waals surface area contributed by atoms with Crippen LogP contribution in [0.25, 0.3) is 0 Å². The van der Waals surface area contributed by atoms with Gasteiger partial charge in [-0.2, -0.15) is 0 Å². The number of aliphatic carboxylic acids is 1. The molecule has 18 heavy (non-hydrogen) atoms. The van der Waals surface area contributed by atoms with E-state index >= 15 is 0 Å². The summed E-state index contributed by atoms with van der Waals surface area (Å²) in [5.74, 6) is -0.776. The first-order valence-electron chi connectivity index (χ1n) is 6.34. The van der Waals surface area contributed by atoms with Crippen LogP contribution in [0, 0.1) is 0 Å². The summed E-state index contributed by atoms with van der Waals surface area (Å²) < 4.78 is 5.42. The molecule has 1 aliphatic heterocycles. The van der Waals surface area contributed by atoms with Gasteiger partial charge in [-0.15, -0.1) is 0 Å². The Morgan fingerprint density at radius 1 is 1.22 bits per heavy atom. The monoisotopic (exact) mass is 249 g/mol. The van der Waals surface area contributed by atoms with Gasteiger partial charge in [-0.25, -0.2) is 0 Å². The molecule has 0 saturated carbocycles. The second kappa shape index (κ2) is 6.52. The van der Waals surface area contributed by atoms with E-state index in [2.05, 4.69) is 4.90 Å². The lowest BCUT2D eigenvalue weighted by molar-refractivity contribution is -0.136. The van der Waals surface area contributed by atoms with E-state index in [4.69, 9.17) is 9.84 Å². The van der Waals surface area contributed by atoms with Crippen LogP contribution in [0.4, 0.5) is 0 Å². The third kappa shape index (κ3) is 3.82. The fourth-order valence-electron chi connectivity index (χ4n) is 2.24. The predicted molar refractivity (Wildman–Crippen MR) is 68.5 cm³/mol. The Labute approximate surface area is 107 Å². The van der Waals surface area contributed by atoms with Crippen molar-refractivity contribution < 1.29 is 14.6 Å². The number of hydrogen-bond acceptors (Lipinski definition) is 3. The highest BCUT2D eigenvalue weighted by molar-refractivity contribution is 5.70. The molecule has 4 heteroatoms. The summed E-state index contributed by atoms with van der Waals surface area (Å²) in [7, 11) is 0. The molecule has 1 aromatic carbocycles. The zero-order valence-electron chi connectivity index (χ0n) is 10.5. The number of nitrogens with zero attached hydrogens (tertiary/aromatic N) is 1. The number of carboxylic acid groups (broad SMARTS) is 1. The summed E-state index contributed by atoms with van der Waals surface area (Å²) in [6.07, 6.45) is 1.14. The van der Waals surface area contributed by atoms with Gasteiger partial charge in [0.1, 0.15) is 0 Å². The van der Waals surface area contributed by atoms with Gasteiger partial charge in [-0.3, -0.25) is 9.69 Å². The Morgan fingerprint density at radius 2 is 2.00 bits per heavy atom. The summed E-state index contributed by atoms with van der Waals surface area (Å²) in [6, 6.07) is 7.78. The van der Waals surface area contributed by atoms with Crippen molar-refractivity contribution in [2.75, 3.05) is 26.3 Å². The highest BCUT2D eigenvalue weighted by Gasteiger charge is 2.12. The topological polar surface area (TPSA) is 49.8 Å². The average molecular weight is 249 g/mol. The average Bonchev–Trinajstić information content (AvgIpc) is 2.60. The first kappa shape index (κ1) is 13.1. The smallest absolute Gasteiger partial charge is 0.307 e. The normalized spacial score (nSPS) is 17.3. The van der Waals surface area contributed by atoms with Crippen LogP contribution in [0.5, 0.6) is 0 Å². The summed E-state index contributed by atoms with van der Waals surface area (Å²) in [4.78, 5) is 13.2. The third-order valence-corrected chi connectivity index (χ3v) is 3.17. The summed E-state index contributed by atoms with van der Waals surface area (Å²) in [5, 5.41) is 8.91. The van der Waals surface area contributed by atoms with Gasteiger partial charge < -0.3 is 9.84 Å². The lowest BCUT2D eigenvalue weighted by Crippen LogP contribution is -2.26. The van der Waals surface area contributed by atoms with E-state index in [-0.39, 0.29) is 6.42 Å². The van der Waals surface area contributed by atoms with Crippen LogP contribution in [0.1, 0.15) is 17.5 Å². The molecule has 0 radical (unpaired) electrons. The SMILES string of the molecule is O=C(O)Cc1ccccc1CN1CCCOCC1. The van der Waals surface area contributed by atoms with Crippen LogP contribution in [0.15, 0.2) is 24.3 Å². The Morgan fingerprint density at radius 3 is 2.78 bits per heavy atom. The van der Waals surface area contributed by atoms with Crippen LogP contribution in [-0.2, 0) is 22.5 Å². The molecule has 0 bridgehead atoms. The van der Waals surface area contributed by atoms with Gasteiger partial charge in [-0.1, -0.05) is 24.3 Å². The van der Waals surface area contributed by atoms with Gasteiger partial charge in [0.2, 0.25) is 0 Å². The lowest BCUT2D eigenvalue weighted by atomic mass is 10.0. The van der Waals surface area contributed by atoms with Crippen LogP contribution < -0.4 is 0 Å². The van der Waals surface area contributed by atoms with Gasteiger partial charge in [0.25, 0.3) is 0 Å². The molecule has 1 saturated heterocycles. The van der Waals surface area contributed by atoms with Crippen molar-refractivity contribution in [3.05, 3.63) is 35.4 Å². The number of carbonyl (C=O) groups is 1. The van der Waals surface area contributed by atoms with E-state index in [1.165, 1.54) is 0 Å². The molecule has 2 rings (SSSR count). The van der Waals surface area contributed by atoms with E-state index in [0.717, 1.165) is 50.4 Å². The molecule has 0 aromatic heterocycles. The highest BCUT2D eigenvalue weighted by atomic mass is 16.5. The van der Waals surface area contributed by atoms with Crippen molar-refractivity contribution in [3.8, 4) is 0 Å². The Balaban J connectivity index is 2.04. The van der Waals surface area contributed by atoms with Gasteiger partial charge in [0.15, 0.2) is 0 Å². The van der Waals surface area contributed by atoms with Crippen molar-refractivity contribution in [1.82, 2.24) is 4.90 Å². The molecule has 4 nitrogen and oxygen atoms in total. The largest absolute Gasteiger partial charge is 0.481 e. The summed E-state index contributed by atoms with van der Waals surface area (Å²) >= 11 is 0. The second-order valence-corrected chi connectivity index (χ2v) is 4.58. The Hall–Kier alpha value is -1.39. The second-order valence-electron chi connectivity index (χ2n) is 4.58. The maximum atomic E-state index is 10.8. The minimum atomic E-state index is -0.776. The maximum Gasteiger partial charge on any atom is 0.307 e. The van der Waals surface area contributed by atoms with E-state index in [9.17, 15) is 4.79 Å². The number of carboxylic acids is 1. The summed E-state index contributed by atoms with van der Waals surface area (Å²) in [5.41, 5.74) is 2.02. The van der Waals surface area contributed by atoms with Crippen LogP contribution in [0.3, 0.4) is 0 Å². The molecule has 1 aliphatic rings. The fourth-order valence-corrected chi connectivity index (χ4v) is 2.24. The van der Waals surface area contributed by atoms with Crippen molar-refractivity contribution in [2.24, 2.45) is 0 Å². The molecule has 0 aliphatic carbocycles. The fraction of sp³-hybridized carbons (Fsp3) is 0.500. The first-order valence-corrected chi connectivity index (χ1v) is 6.34. The minimum absolute atomic E-state index is 0.0977. The zero-order chi connectivity index (χ0) is 12.8. The molecular formula is C14H19NO3. The van der Waals surface area contributed by atoms with Crippen molar-refractivity contribution in [1.29, 1.82) is 0 Å². The molecule has 1 N–H and O–H groups in total.